The summed E-state index contributed by atoms with van der Waals surface area (Å²) in [6.07, 6.45) is 8.60. The number of rotatable bonds is 2. The number of esters is 1. The first kappa shape index (κ1) is 12.5. The van der Waals surface area contributed by atoms with E-state index < -0.39 is 0 Å². The van der Waals surface area contributed by atoms with Gasteiger partial charge in [0.15, 0.2) is 0 Å². The number of hydrogen-bond acceptors (Lipinski definition) is 3. The molecule has 3 heteroatoms. The van der Waals surface area contributed by atoms with Gasteiger partial charge in [0.25, 0.3) is 0 Å². The van der Waals surface area contributed by atoms with Crippen LogP contribution in [0, 0.1) is 11.3 Å². The van der Waals surface area contributed by atoms with Gasteiger partial charge < -0.3 is 9.47 Å². The molecule has 0 radical (unpaired) electrons. The summed E-state index contributed by atoms with van der Waals surface area (Å²) in [6.45, 7) is 4.24. The molecule has 0 bridgehead atoms. The Kier molecular flexibility index (Phi) is 3.13. The summed E-state index contributed by atoms with van der Waals surface area (Å²) < 4.78 is 11.4. The Labute approximate surface area is 109 Å². The van der Waals surface area contributed by atoms with Crippen LogP contribution in [0.4, 0.5) is 0 Å². The van der Waals surface area contributed by atoms with Crippen LogP contribution in [0.2, 0.25) is 0 Å². The molecule has 3 rings (SSSR count). The second-order valence-corrected chi connectivity index (χ2v) is 6.64. The van der Waals surface area contributed by atoms with Gasteiger partial charge in [-0.25, -0.2) is 0 Å². The number of fused-ring (bicyclic) bond motifs is 1. The molecule has 1 heterocycles. The molecule has 3 aliphatic rings. The van der Waals surface area contributed by atoms with E-state index in [0.717, 1.165) is 25.7 Å². The number of carbonyl (C=O) groups is 1. The average molecular weight is 252 g/mol. The third-order valence-corrected chi connectivity index (χ3v) is 5.28. The maximum atomic E-state index is 12.5. The summed E-state index contributed by atoms with van der Waals surface area (Å²) in [5.74, 6) is 0.396. The Hall–Kier alpha value is -0.570. The Balaban J connectivity index is 1.62. The molecular formula is C15H24O3. The van der Waals surface area contributed by atoms with Gasteiger partial charge in [0.05, 0.1) is 17.6 Å². The zero-order valence-electron chi connectivity index (χ0n) is 11.5. The molecule has 4 unspecified atom stereocenters. The van der Waals surface area contributed by atoms with Crippen LogP contribution in [0.3, 0.4) is 0 Å². The van der Waals surface area contributed by atoms with Crippen molar-refractivity contribution in [1.29, 1.82) is 0 Å². The number of carbonyl (C=O) groups excluding carboxylic acids is 1. The first-order chi connectivity index (χ1) is 8.59. The fourth-order valence-corrected chi connectivity index (χ4v) is 3.55. The zero-order chi connectivity index (χ0) is 12.8. The molecule has 1 aliphatic heterocycles. The van der Waals surface area contributed by atoms with E-state index >= 15 is 0 Å². The molecule has 2 aliphatic carbocycles. The highest BCUT2D eigenvalue weighted by molar-refractivity contribution is 5.77. The molecular weight excluding hydrogens is 228 g/mol. The van der Waals surface area contributed by atoms with E-state index in [9.17, 15) is 4.79 Å². The molecule has 3 fully saturated rings. The van der Waals surface area contributed by atoms with Crippen LogP contribution in [0.25, 0.3) is 0 Å². The first-order valence-corrected chi connectivity index (χ1v) is 7.46. The van der Waals surface area contributed by atoms with Crippen molar-refractivity contribution in [3.63, 3.8) is 0 Å². The van der Waals surface area contributed by atoms with Crippen LogP contribution >= 0.6 is 0 Å². The molecule has 0 spiro atoms. The first-order valence-electron chi connectivity index (χ1n) is 7.46. The summed E-state index contributed by atoms with van der Waals surface area (Å²) in [6, 6.07) is 0. The van der Waals surface area contributed by atoms with Gasteiger partial charge in [0.1, 0.15) is 6.10 Å². The third-order valence-electron chi connectivity index (χ3n) is 5.28. The molecule has 0 aromatic heterocycles. The van der Waals surface area contributed by atoms with E-state index in [4.69, 9.17) is 9.47 Å². The van der Waals surface area contributed by atoms with Crippen molar-refractivity contribution in [3.8, 4) is 0 Å². The van der Waals surface area contributed by atoms with E-state index in [0.29, 0.717) is 18.1 Å². The molecule has 2 saturated carbocycles. The Morgan fingerprint density at radius 1 is 1.22 bits per heavy atom. The lowest BCUT2D eigenvalue weighted by Gasteiger charge is -2.37. The van der Waals surface area contributed by atoms with Crippen LogP contribution in [0.15, 0.2) is 0 Å². The highest BCUT2D eigenvalue weighted by Gasteiger charge is 2.56. The molecule has 1 saturated heterocycles. The van der Waals surface area contributed by atoms with Crippen molar-refractivity contribution in [3.05, 3.63) is 0 Å². The highest BCUT2D eigenvalue weighted by atomic mass is 16.6. The van der Waals surface area contributed by atoms with Crippen LogP contribution in [-0.4, -0.2) is 24.3 Å². The van der Waals surface area contributed by atoms with Gasteiger partial charge in [-0.15, -0.1) is 0 Å². The van der Waals surface area contributed by atoms with Gasteiger partial charge in [0, 0.05) is 0 Å². The van der Waals surface area contributed by atoms with Crippen molar-refractivity contribution >= 4 is 5.97 Å². The number of hydrogen-bond donors (Lipinski definition) is 0. The SMILES string of the molecule is CC1CC2OC2CC1(C)C(=O)OC1CCCCC1. The Morgan fingerprint density at radius 3 is 2.67 bits per heavy atom. The van der Waals surface area contributed by atoms with Crippen LogP contribution in [0.5, 0.6) is 0 Å². The largest absolute Gasteiger partial charge is 0.462 e. The number of epoxide rings is 1. The minimum atomic E-state index is -0.324. The van der Waals surface area contributed by atoms with Crippen LogP contribution in [0.1, 0.15) is 58.8 Å². The molecule has 102 valence electrons. The van der Waals surface area contributed by atoms with Gasteiger partial charge in [-0.1, -0.05) is 13.3 Å². The van der Waals surface area contributed by atoms with Crippen molar-refractivity contribution in [2.45, 2.75) is 77.1 Å². The van der Waals surface area contributed by atoms with Gasteiger partial charge in [0.2, 0.25) is 0 Å². The minimum Gasteiger partial charge on any atom is -0.462 e. The molecule has 0 N–H and O–H groups in total. The maximum absolute atomic E-state index is 12.5. The summed E-state index contributed by atoms with van der Waals surface area (Å²) in [4.78, 5) is 12.5. The molecule has 0 aromatic rings. The summed E-state index contributed by atoms with van der Waals surface area (Å²) >= 11 is 0. The van der Waals surface area contributed by atoms with E-state index in [2.05, 4.69) is 13.8 Å². The van der Waals surface area contributed by atoms with E-state index in [-0.39, 0.29) is 17.5 Å². The summed E-state index contributed by atoms with van der Waals surface area (Å²) in [5.41, 5.74) is -0.324. The smallest absolute Gasteiger partial charge is 0.312 e. The predicted molar refractivity (Wildman–Crippen MR) is 68.1 cm³/mol. The van der Waals surface area contributed by atoms with E-state index in [1.54, 1.807) is 0 Å². The predicted octanol–water partition coefficient (Wildman–Crippen LogP) is 3.07. The fraction of sp³-hybridized carbons (Fsp3) is 0.933. The van der Waals surface area contributed by atoms with Gasteiger partial charge in [-0.3, -0.25) is 4.79 Å². The second-order valence-electron chi connectivity index (χ2n) is 6.64. The molecule has 0 amide bonds. The third kappa shape index (κ3) is 2.18. The van der Waals surface area contributed by atoms with E-state index in [1.807, 2.05) is 0 Å². The normalized spacial score (nSPS) is 44.2. The monoisotopic (exact) mass is 252 g/mol. The van der Waals surface area contributed by atoms with Gasteiger partial charge in [-0.2, -0.15) is 0 Å². The Morgan fingerprint density at radius 2 is 1.94 bits per heavy atom. The van der Waals surface area contributed by atoms with Crippen LogP contribution < -0.4 is 0 Å². The second kappa shape index (κ2) is 4.52. The van der Waals surface area contributed by atoms with Gasteiger partial charge in [-0.05, 0) is 51.4 Å². The van der Waals surface area contributed by atoms with Crippen molar-refractivity contribution in [2.24, 2.45) is 11.3 Å². The quantitative estimate of drug-likeness (QED) is 0.560. The fourth-order valence-electron chi connectivity index (χ4n) is 3.55. The lowest BCUT2D eigenvalue weighted by atomic mass is 9.68. The van der Waals surface area contributed by atoms with Crippen molar-refractivity contribution in [2.75, 3.05) is 0 Å². The zero-order valence-corrected chi connectivity index (χ0v) is 11.5. The lowest BCUT2D eigenvalue weighted by Crippen LogP contribution is -2.42. The van der Waals surface area contributed by atoms with Crippen molar-refractivity contribution in [1.82, 2.24) is 0 Å². The minimum absolute atomic E-state index is 0.0239. The van der Waals surface area contributed by atoms with Gasteiger partial charge >= 0.3 is 5.97 Å². The van der Waals surface area contributed by atoms with E-state index in [1.165, 1.54) is 19.3 Å². The summed E-state index contributed by atoms with van der Waals surface area (Å²) in [7, 11) is 0. The highest BCUT2D eigenvalue weighted by Crippen LogP contribution is 2.50. The number of ether oxygens (including phenoxy) is 2. The topological polar surface area (TPSA) is 38.8 Å². The molecule has 3 nitrogen and oxygen atoms in total. The Bertz CT molecular complexity index is 335. The van der Waals surface area contributed by atoms with Crippen molar-refractivity contribution < 1.29 is 14.3 Å². The standard InChI is InChI=1S/C15H24O3/c1-10-8-12-13(18-12)9-15(10,2)14(16)17-11-6-4-3-5-7-11/h10-13H,3-9H2,1-2H3. The summed E-state index contributed by atoms with van der Waals surface area (Å²) in [5, 5.41) is 0. The van der Waals surface area contributed by atoms with Crippen LogP contribution in [-0.2, 0) is 14.3 Å². The molecule has 18 heavy (non-hydrogen) atoms. The molecule has 4 atom stereocenters. The molecule has 0 aromatic carbocycles. The maximum Gasteiger partial charge on any atom is 0.312 e. The lowest BCUT2D eigenvalue weighted by molar-refractivity contribution is -0.166. The average Bonchev–Trinajstić information content (AvgIpc) is 3.08.